The molecule has 5 rings (SSSR count). The summed E-state index contributed by atoms with van der Waals surface area (Å²) in [5.41, 5.74) is 2.86. The minimum atomic E-state index is -0.478. The van der Waals surface area contributed by atoms with Crippen molar-refractivity contribution in [3.8, 4) is 22.7 Å². The smallest absolute Gasteiger partial charge is 0.267 e. The summed E-state index contributed by atoms with van der Waals surface area (Å²) in [7, 11) is 0. The van der Waals surface area contributed by atoms with Crippen LogP contribution < -0.4 is 10.3 Å². The first-order valence-electron chi connectivity index (χ1n) is 10.7. The van der Waals surface area contributed by atoms with Crippen molar-refractivity contribution in [3.63, 3.8) is 0 Å². The van der Waals surface area contributed by atoms with E-state index in [9.17, 15) is 13.6 Å². The number of hydrogen-bond acceptors (Lipinski definition) is 4. The Morgan fingerprint density at radius 2 is 1.80 bits per heavy atom. The molecule has 35 heavy (non-hydrogen) atoms. The molecule has 3 heterocycles. The number of fused-ring (bicyclic) bond motifs is 1. The number of aryl methyl sites for hydroxylation is 2. The number of benzene rings is 2. The Hall–Kier alpha value is -4.04. The van der Waals surface area contributed by atoms with Crippen LogP contribution in [-0.2, 0) is 6.61 Å². The van der Waals surface area contributed by atoms with Crippen LogP contribution in [0, 0.1) is 25.5 Å². The Bertz CT molecular complexity index is 1610. The second kappa shape index (κ2) is 8.96. The minimum absolute atomic E-state index is 0.122. The van der Waals surface area contributed by atoms with E-state index >= 15 is 0 Å². The molecule has 0 saturated heterocycles. The Morgan fingerprint density at radius 3 is 2.54 bits per heavy atom. The summed E-state index contributed by atoms with van der Waals surface area (Å²) in [5, 5.41) is 4.83. The summed E-state index contributed by atoms with van der Waals surface area (Å²) in [6.45, 7) is 3.44. The van der Waals surface area contributed by atoms with Crippen LogP contribution in [0.5, 0.6) is 5.75 Å². The van der Waals surface area contributed by atoms with Crippen molar-refractivity contribution in [2.24, 2.45) is 0 Å². The predicted octanol–water partition coefficient (Wildman–Crippen LogP) is 5.67. The van der Waals surface area contributed by atoms with Gasteiger partial charge in [0.05, 0.1) is 22.0 Å². The van der Waals surface area contributed by atoms with Crippen LogP contribution in [0.15, 0.2) is 71.7 Å². The zero-order valence-electron chi connectivity index (χ0n) is 18.8. The van der Waals surface area contributed by atoms with Crippen LogP contribution in [0.3, 0.4) is 0 Å². The number of halogens is 3. The molecule has 0 aliphatic carbocycles. The molecule has 0 radical (unpaired) electrons. The van der Waals surface area contributed by atoms with Crippen molar-refractivity contribution in [2.45, 2.75) is 20.5 Å². The minimum Gasteiger partial charge on any atom is -0.485 e. The first kappa shape index (κ1) is 22.7. The molecule has 0 atom stereocenters. The lowest BCUT2D eigenvalue weighted by atomic mass is 10.1. The van der Waals surface area contributed by atoms with Crippen LogP contribution in [0.1, 0.15) is 17.0 Å². The van der Waals surface area contributed by atoms with Crippen molar-refractivity contribution in [2.75, 3.05) is 0 Å². The number of hydrogen-bond donors (Lipinski definition) is 0. The number of aromatic nitrogens is 4. The third-order valence-electron chi connectivity index (χ3n) is 5.65. The summed E-state index contributed by atoms with van der Waals surface area (Å²) < 4.78 is 36.3. The molecule has 5 aromatic rings. The molecule has 0 amide bonds. The van der Waals surface area contributed by atoms with Crippen molar-refractivity contribution in [1.82, 2.24) is 19.2 Å². The maximum atomic E-state index is 14.2. The van der Waals surface area contributed by atoms with Crippen LogP contribution >= 0.6 is 11.6 Å². The van der Waals surface area contributed by atoms with Crippen molar-refractivity contribution >= 4 is 17.2 Å². The molecule has 9 heteroatoms. The highest BCUT2D eigenvalue weighted by molar-refractivity contribution is 6.31. The second-order valence-corrected chi connectivity index (χ2v) is 8.40. The highest BCUT2D eigenvalue weighted by Crippen LogP contribution is 2.26. The fourth-order valence-electron chi connectivity index (χ4n) is 3.91. The normalized spacial score (nSPS) is 11.2. The van der Waals surface area contributed by atoms with E-state index in [2.05, 4.69) is 10.1 Å². The number of pyridine rings is 1. The van der Waals surface area contributed by atoms with Crippen LogP contribution in [0.25, 0.3) is 22.6 Å². The highest BCUT2D eigenvalue weighted by Gasteiger charge is 2.19. The molecular formula is C26H19ClF2N4O2. The Kier molecular flexibility index (Phi) is 5.82. The molecule has 0 spiro atoms. The van der Waals surface area contributed by atoms with Gasteiger partial charge in [0.1, 0.15) is 23.9 Å². The van der Waals surface area contributed by atoms with Gasteiger partial charge in [-0.05, 0) is 68.4 Å². The van der Waals surface area contributed by atoms with E-state index in [4.69, 9.17) is 16.3 Å². The van der Waals surface area contributed by atoms with Gasteiger partial charge >= 0.3 is 0 Å². The lowest BCUT2D eigenvalue weighted by Gasteiger charge is -2.12. The lowest BCUT2D eigenvalue weighted by Crippen LogP contribution is -2.19. The number of ether oxygens (including phenoxy) is 1. The molecule has 6 nitrogen and oxygen atoms in total. The first-order valence-corrected chi connectivity index (χ1v) is 11.1. The summed E-state index contributed by atoms with van der Waals surface area (Å²) in [5.74, 6) is -0.512. The lowest BCUT2D eigenvalue weighted by molar-refractivity contribution is 0.301. The van der Waals surface area contributed by atoms with Crippen molar-refractivity contribution in [3.05, 3.63) is 111 Å². The topological polar surface area (TPSA) is 61.4 Å². The fraction of sp³-hybridized carbons (Fsp3) is 0.115. The summed E-state index contributed by atoms with van der Waals surface area (Å²) >= 11 is 6.10. The van der Waals surface area contributed by atoms with Gasteiger partial charge in [-0.1, -0.05) is 17.7 Å². The average Bonchev–Trinajstić information content (AvgIpc) is 3.20. The molecule has 0 fully saturated rings. The van der Waals surface area contributed by atoms with E-state index in [1.165, 1.54) is 28.7 Å². The highest BCUT2D eigenvalue weighted by atomic mass is 35.5. The largest absolute Gasteiger partial charge is 0.485 e. The molecular weight excluding hydrogens is 474 g/mol. The summed E-state index contributed by atoms with van der Waals surface area (Å²) in [6.07, 6.45) is 1.58. The molecule has 0 bridgehead atoms. The molecule has 176 valence electrons. The van der Waals surface area contributed by atoms with E-state index in [0.717, 1.165) is 5.69 Å². The van der Waals surface area contributed by atoms with Gasteiger partial charge in [0.15, 0.2) is 11.4 Å². The van der Waals surface area contributed by atoms with E-state index < -0.39 is 5.82 Å². The SMILES string of the molecule is Cc1nc2c(OCc3c(F)cccc3Cl)cccn2c(=O)c1-c1cc(C)n(-c2ccc(F)cc2)n1. The average molecular weight is 493 g/mol. The molecule has 3 aromatic heterocycles. The van der Waals surface area contributed by atoms with Gasteiger partial charge in [-0.3, -0.25) is 9.20 Å². The Labute approximate surface area is 204 Å². The van der Waals surface area contributed by atoms with E-state index in [-0.39, 0.29) is 28.6 Å². The van der Waals surface area contributed by atoms with E-state index in [0.29, 0.717) is 34.0 Å². The second-order valence-electron chi connectivity index (χ2n) is 7.99. The maximum Gasteiger partial charge on any atom is 0.267 e. The van der Waals surface area contributed by atoms with Gasteiger partial charge in [-0.15, -0.1) is 0 Å². The number of nitrogens with zero attached hydrogens (tertiary/aromatic N) is 4. The molecule has 0 aliphatic rings. The zero-order valence-corrected chi connectivity index (χ0v) is 19.6. The van der Waals surface area contributed by atoms with Crippen LogP contribution in [0.2, 0.25) is 5.02 Å². The van der Waals surface area contributed by atoms with Gasteiger partial charge in [-0.2, -0.15) is 5.10 Å². The van der Waals surface area contributed by atoms with Crippen LogP contribution in [0.4, 0.5) is 8.78 Å². The van der Waals surface area contributed by atoms with Gasteiger partial charge in [0.25, 0.3) is 5.56 Å². The molecule has 0 saturated carbocycles. The molecule has 0 N–H and O–H groups in total. The standard InChI is InChI=1S/C26H19ClF2N4O2/c1-15-13-22(31-33(15)18-10-8-17(28)9-11-18)24-16(2)30-25-23(7-4-12-32(25)26(24)34)35-14-19-20(27)5-3-6-21(19)29/h3-13H,14H2,1-2H3. The van der Waals surface area contributed by atoms with E-state index in [1.807, 2.05) is 6.92 Å². The third kappa shape index (κ3) is 4.17. The van der Waals surface area contributed by atoms with Gasteiger partial charge in [0.2, 0.25) is 0 Å². The summed E-state index contributed by atoms with van der Waals surface area (Å²) in [4.78, 5) is 18.1. The third-order valence-corrected chi connectivity index (χ3v) is 6.00. The Morgan fingerprint density at radius 1 is 1.03 bits per heavy atom. The predicted molar refractivity (Wildman–Crippen MR) is 129 cm³/mol. The van der Waals surface area contributed by atoms with Crippen molar-refractivity contribution < 1.29 is 13.5 Å². The van der Waals surface area contributed by atoms with E-state index in [1.54, 1.807) is 54.2 Å². The van der Waals surface area contributed by atoms with Gasteiger partial charge in [-0.25, -0.2) is 18.4 Å². The zero-order chi connectivity index (χ0) is 24.7. The van der Waals surface area contributed by atoms with Crippen LogP contribution in [-0.4, -0.2) is 19.2 Å². The summed E-state index contributed by atoms with van der Waals surface area (Å²) in [6, 6.07) is 15.4. The van der Waals surface area contributed by atoms with Crippen molar-refractivity contribution in [1.29, 1.82) is 0 Å². The van der Waals surface area contributed by atoms with Gasteiger partial charge < -0.3 is 4.74 Å². The number of rotatable bonds is 5. The fourth-order valence-corrected chi connectivity index (χ4v) is 4.13. The quantitative estimate of drug-likeness (QED) is 0.317. The monoisotopic (exact) mass is 492 g/mol. The molecule has 0 aliphatic heterocycles. The Balaban J connectivity index is 1.55. The van der Waals surface area contributed by atoms with Gasteiger partial charge in [0, 0.05) is 17.5 Å². The molecule has 0 unspecified atom stereocenters. The first-order chi connectivity index (χ1) is 16.8. The molecule has 2 aromatic carbocycles. The maximum absolute atomic E-state index is 14.2.